The fourth-order valence-electron chi connectivity index (χ4n) is 9.21. The first-order valence-electron chi connectivity index (χ1n) is 21.1. The van der Waals surface area contributed by atoms with E-state index in [1.54, 1.807) is 0 Å². The molecule has 0 saturated heterocycles. The minimum Gasteiger partial charge on any atom is -0.458 e. The lowest BCUT2D eigenvalue weighted by Crippen LogP contribution is -2.35. The van der Waals surface area contributed by atoms with E-state index in [0.717, 1.165) is 74.0 Å². The Bertz CT molecular complexity index is 2300. The first-order chi connectivity index (χ1) is 27.4. The zero-order valence-corrected chi connectivity index (χ0v) is 35.9. The summed E-state index contributed by atoms with van der Waals surface area (Å²) in [6, 6.07) is 30.6. The van der Waals surface area contributed by atoms with E-state index >= 15 is 0 Å². The molecule has 0 amide bonds. The van der Waals surface area contributed by atoms with Gasteiger partial charge in [0.2, 0.25) is 0 Å². The molecule has 5 aromatic carbocycles. The number of halogens is 1. The van der Waals surface area contributed by atoms with Gasteiger partial charge in [0.1, 0.15) is 12.2 Å². The maximum atomic E-state index is 13.6. The summed E-state index contributed by atoms with van der Waals surface area (Å²) in [7, 11) is 0. The number of ether oxygens (including phenoxy) is 2. The van der Waals surface area contributed by atoms with Gasteiger partial charge in [0, 0.05) is 4.47 Å². The summed E-state index contributed by atoms with van der Waals surface area (Å²) in [6.45, 7) is 13.5. The molecule has 0 heterocycles. The monoisotopic (exact) mass is 824 g/mol. The van der Waals surface area contributed by atoms with Crippen LogP contribution in [0.15, 0.2) is 95.5 Å². The molecule has 0 aliphatic heterocycles. The van der Waals surface area contributed by atoms with E-state index in [2.05, 4.69) is 136 Å². The van der Waals surface area contributed by atoms with Crippen molar-refractivity contribution in [2.75, 3.05) is 0 Å². The lowest BCUT2D eigenvalue weighted by molar-refractivity contribution is -0.0180. The van der Waals surface area contributed by atoms with Crippen molar-refractivity contribution in [3.8, 4) is 0 Å². The molecule has 2 saturated carbocycles. The average molecular weight is 826 g/mol. The predicted molar refractivity (Wildman–Crippen MR) is 241 cm³/mol. The fourth-order valence-corrected chi connectivity index (χ4v) is 9.74. The molecule has 0 spiro atoms. The van der Waals surface area contributed by atoms with Crippen LogP contribution in [-0.4, -0.2) is 24.1 Å². The number of fused-ring (bicyclic) bond motifs is 2. The molecule has 2 aliphatic rings. The van der Waals surface area contributed by atoms with Crippen molar-refractivity contribution in [1.29, 1.82) is 0 Å². The molecule has 0 radical (unpaired) electrons. The topological polar surface area (TPSA) is 52.6 Å². The highest BCUT2D eigenvalue weighted by atomic mass is 79.9. The van der Waals surface area contributed by atoms with Crippen LogP contribution < -0.4 is 0 Å². The highest BCUT2D eigenvalue weighted by molar-refractivity contribution is 9.10. The van der Waals surface area contributed by atoms with Crippen molar-refractivity contribution in [2.24, 2.45) is 35.5 Å². The molecule has 4 nitrogen and oxygen atoms in total. The molecule has 2 fully saturated rings. The molecule has 57 heavy (non-hydrogen) atoms. The Balaban J connectivity index is 1.05. The SMILES string of the molecule is CC(C)[C@H]1CC[C@@H](C)C[C@H]1OC(=O)c1cccc2ccc(/C=C\c3ccc(/C=C\c4ccc5cccc(C(=O)O[C@@H]6C[C@H](C)CC[C@H]6C(C)C)c5c4)c(Br)c3)cc12. The molecular formula is C52H57BrO4. The van der Waals surface area contributed by atoms with Crippen LogP contribution in [0, 0.1) is 35.5 Å². The molecule has 5 aromatic rings. The normalized spacial score (nSPS) is 22.9. The van der Waals surface area contributed by atoms with E-state index in [1.807, 2.05) is 36.4 Å². The van der Waals surface area contributed by atoms with Gasteiger partial charge in [0.25, 0.3) is 0 Å². The lowest BCUT2D eigenvalue weighted by atomic mass is 9.75. The Morgan fingerprint density at radius 2 is 1.02 bits per heavy atom. The van der Waals surface area contributed by atoms with Crippen LogP contribution in [0.4, 0.5) is 0 Å². The molecular weight excluding hydrogens is 768 g/mol. The third-order valence-electron chi connectivity index (χ3n) is 12.6. The van der Waals surface area contributed by atoms with Crippen molar-refractivity contribution in [2.45, 2.75) is 92.3 Å². The van der Waals surface area contributed by atoms with Gasteiger partial charge < -0.3 is 9.47 Å². The maximum Gasteiger partial charge on any atom is 0.339 e. The Morgan fingerprint density at radius 1 is 0.579 bits per heavy atom. The molecule has 0 aromatic heterocycles. The van der Waals surface area contributed by atoms with E-state index in [0.29, 0.717) is 46.6 Å². The molecule has 2 aliphatic carbocycles. The number of rotatable bonds is 10. The minimum atomic E-state index is -0.228. The second-order valence-electron chi connectivity index (χ2n) is 17.6. The van der Waals surface area contributed by atoms with Crippen molar-refractivity contribution in [3.63, 3.8) is 0 Å². The quantitative estimate of drug-likeness (QED) is 0.104. The minimum absolute atomic E-state index is 0.0417. The second kappa shape index (κ2) is 18.0. The van der Waals surface area contributed by atoms with Crippen LogP contribution in [0.25, 0.3) is 45.8 Å². The van der Waals surface area contributed by atoms with Crippen molar-refractivity contribution in [3.05, 3.63) is 129 Å². The number of hydrogen-bond donors (Lipinski definition) is 0. The molecule has 7 rings (SSSR count). The summed E-state index contributed by atoms with van der Waals surface area (Å²) in [5.41, 5.74) is 5.38. The van der Waals surface area contributed by atoms with Gasteiger partial charge in [0.05, 0.1) is 11.1 Å². The highest BCUT2D eigenvalue weighted by Gasteiger charge is 2.35. The van der Waals surface area contributed by atoms with Crippen LogP contribution in [0.1, 0.15) is 123 Å². The van der Waals surface area contributed by atoms with Gasteiger partial charge in [-0.3, -0.25) is 0 Å². The van der Waals surface area contributed by atoms with E-state index in [1.165, 1.54) is 12.8 Å². The van der Waals surface area contributed by atoms with Gasteiger partial charge in [-0.2, -0.15) is 0 Å². The third kappa shape index (κ3) is 9.63. The van der Waals surface area contributed by atoms with Gasteiger partial charge in [-0.1, -0.05) is 155 Å². The number of carbonyl (C=O) groups excluding carboxylic acids is 2. The molecule has 5 heteroatoms. The number of benzene rings is 5. The smallest absolute Gasteiger partial charge is 0.339 e. The fraction of sp³-hybridized carbons (Fsp3) is 0.385. The lowest BCUT2D eigenvalue weighted by Gasteiger charge is -2.36. The maximum absolute atomic E-state index is 13.6. The Morgan fingerprint density at radius 3 is 1.47 bits per heavy atom. The predicted octanol–water partition coefficient (Wildman–Crippen LogP) is 14.3. The molecule has 296 valence electrons. The van der Waals surface area contributed by atoms with Crippen molar-refractivity contribution >= 4 is 73.7 Å². The molecule has 0 unspecified atom stereocenters. The van der Waals surface area contributed by atoms with E-state index < -0.39 is 0 Å². The number of esters is 2. The van der Waals surface area contributed by atoms with Crippen molar-refractivity contribution < 1.29 is 19.1 Å². The van der Waals surface area contributed by atoms with E-state index in [-0.39, 0.29) is 24.1 Å². The van der Waals surface area contributed by atoms with E-state index in [4.69, 9.17) is 9.47 Å². The first kappa shape index (κ1) is 40.7. The summed E-state index contributed by atoms with van der Waals surface area (Å²) >= 11 is 3.80. The highest BCUT2D eigenvalue weighted by Crippen LogP contribution is 2.38. The van der Waals surface area contributed by atoms with E-state index in [9.17, 15) is 9.59 Å². The summed E-state index contributed by atoms with van der Waals surface area (Å²) < 4.78 is 13.5. The summed E-state index contributed by atoms with van der Waals surface area (Å²) in [5, 5.41) is 3.86. The second-order valence-corrected chi connectivity index (χ2v) is 18.4. The van der Waals surface area contributed by atoms with Crippen LogP contribution >= 0.6 is 15.9 Å². The number of hydrogen-bond acceptors (Lipinski definition) is 4. The Hall–Kier alpha value is -4.48. The molecule has 0 bridgehead atoms. The average Bonchev–Trinajstić information content (AvgIpc) is 3.18. The zero-order chi connectivity index (χ0) is 40.2. The summed E-state index contributed by atoms with van der Waals surface area (Å²) in [6.07, 6.45) is 14.8. The van der Waals surface area contributed by atoms with Crippen LogP contribution in [0.2, 0.25) is 0 Å². The van der Waals surface area contributed by atoms with Crippen LogP contribution in [0.3, 0.4) is 0 Å². The van der Waals surface area contributed by atoms with Gasteiger partial charge in [-0.15, -0.1) is 0 Å². The largest absolute Gasteiger partial charge is 0.458 e. The zero-order valence-electron chi connectivity index (χ0n) is 34.3. The molecule has 6 atom stereocenters. The summed E-state index contributed by atoms with van der Waals surface area (Å²) in [4.78, 5) is 27.3. The van der Waals surface area contributed by atoms with Gasteiger partial charge in [0.15, 0.2) is 0 Å². The van der Waals surface area contributed by atoms with Crippen molar-refractivity contribution in [1.82, 2.24) is 0 Å². The van der Waals surface area contributed by atoms with Crippen LogP contribution in [0.5, 0.6) is 0 Å². The first-order valence-corrected chi connectivity index (χ1v) is 21.9. The summed E-state index contributed by atoms with van der Waals surface area (Å²) in [5.74, 6) is 2.44. The van der Waals surface area contributed by atoms with Crippen LogP contribution in [-0.2, 0) is 9.47 Å². The Kier molecular flexibility index (Phi) is 12.8. The Labute approximate surface area is 347 Å². The van der Waals surface area contributed by atoms with Gasteiger partial charge >= 0.3 is 11.9 Å². The standard InChI is InChI=1S/C52H57BrO4/c1-32(2)42-25-13-34(5)27-49(42)56-51(54)44-11-7-9-39-21-17-36(29-46(39)44)15-16-38-20-24-41(48(53)31-38)23-19-37-18-22-40-10-8-12-45(47(40)30-37)52(55)57-50-28-35(6)14-26-43(50)33(3)4/h7-12,15-24,29-35,42-43,49-50H,13-14,25-28H2,1-6H3/b16-15-,23-19-/t34-,35-,42-,43+,49-,50-/m1/s1. The van der Waals surface area contributed by atoms with Gasteiger partial charge in [-0.05, 0) is 135 Å². The third-order valence-corrected chi connectivity index (χ3v) is 13.3. The number of carbonyl (C=O) groups is 2. The molecule has 0 N–H and O–H groups in total. The van der Waals surface area contributed by atoms with Gasteiger partial charge in [-0.25, -0.2) is 9.59 Å².